The van der Waals surface area contributed by atoms with Crippen LogP contribution in [0.25, 0.3) is 21.7 Å². The van der Waals surface area contributed by atoms with Crippen LogP contribution in [-0.2, 0) is 21.6 Å². The fraction of sp³-hybridized carbons (Fsp3) is 0.269. The van der Waals surface area contributed by atoms with E-state index in [9.17, 15) is 9.59 Å². The van der Waals surface area contributed by atoms with Crippen LogP contribution in [0.2, 0.25) is 0 Å². The lowest BCUT2D eigenvalue weighted by Crippen LogP contribution is -2.12. The van der Waals surface area contributed by atoms with E-state index in [0.717, 1.165) is 27.4 Å². The predicted octanol–water partition coefficient (Wildman–Crippen LogP) is 6.15. The first kappa shape index (κ1) is 23.5. The summed E-state index contributed by atoms with van der Waals surface area (Å²) in [5, 5.41) is 11.7. The second-order valence-electron chi connectivity index (χ2n) is 8.86. The van der Waals surface area contributed by atoms with Gasteiger partial charge in [0.2, 0.25) is 0 Å². The van der Waals surface area contributed by atoms with Gasteiger partial charge in [-0.15, -0.1) is 11.3 Å². The number of para-hydroxylation sites is 1. The first-order chi connectivity index (χ1) is 16.2. The number of thiazole rings is 1. The number of fused-ring (bicyclic) bond motifs is 1. The van der Waals surface area contributed by atoms with Crippen molar-refractivity contribution in [2.45, 2.75) is 45.6 Å². The van der Waals surface area contributed by atoms with Crippen LogP contribution in [0.15, 0.2) is 58.7 Å². The van der Waals surface area contributed by atoms with Gasteiger partial charge in [0.15, 0.2) is 0 Å². The molecule has 0 fully saturated rings. The Morgan fingerprint density at radius 1 is 1.12 bits per heavy atom. The third-order valence-electron chi connectivity index (χ3n) is 5.22. The van der Waals surface area contributed by atoms with Crippen LogP contribution >= 0.6 is 11.3 Å². The SMILES string of the molecule is CC(C)(C)c1csc(-c2cc3coccc-3c2OCc2ccccc2OC(=O)CCC(=O)O)n1. The Hall–Kier alpha value is -3.65. The van der Waals surface area contributed by atoms with Crippen LogP contribution in [0.5, 0.6) is 11.5 Å². The Kier molecular flexibility index (Phi) is 6.70. The summed E-state index contributed by atoms with van der Waals surface area (Å²) in [5.74, 6) is -0.636. The topological polar surface area (TPSA) is 98.9 Å². The van der Waals surface area contributed by atoms with Gasteiger partial charge in [0.25, 0.3) is 0 Å². The van der Waals surface area contributed by atoms with Crippen LogP contribution in [0, 0.1) is 0 Å². The molecule has 0 atom stereocenters. The van der Waals surface area contributed by atoms with Crippen LogP contribution in [0.4, 0.5) is 0 Å². The summed E-state index contributed by atoms with van der Waals surface area (Å²) >= 11 is 1.56. The summed E-state index contributed by atoms with van der Waals surface area (Å²) in [5.41, 5.74) is 4.26. The molecule has 0 bridgehead atoms. The van der Waals surface area contributed by atoms with Gasteiger partial charge in [-0.1, -0.05) is 39.0 Å². The molecule has 1 aliphatic carbocycles. The predicted molar refractivity (Wildman–Crippen MR) is 128 cm³/mol. The zero-order chi connectivity index (χ0) is 24.3. The molecular weight excluding hydrogens is 454 g/mol. The number of carboxylic acid groups (broad SMARTS) is 1. The van der Waals surface area contributed by atoms with Crippen LogP contribution in [0.1, 0.15) is 44.9 Å². The van der Waals surface area contributed by atoms with Gasteiger partial charge in [-0.25, -0.2) is 4.98 Å². The molecule has 0 amide bonds. The van der Waals surface area contributed by atoms with Crippen LogP contribution < -0.4 is 9.47 Å². The van der Waals surface area contributed by atoms with E-state index in [1.165, 1.54) is 0 Å². The van der Waals surface area contributed by atoms with E-state index in [1.807, 2.05) is 18.2 Å². The number of aromatic nitrogens is 1. The van der Waals surface area contributed by atoms with Crippen molar-refractivity contribution in [3.05, 3.63) is 65.6 Å². The van der Waals surface area contributed by atoms with E-state index >= 15 is 0 Å². The normalized spacial score (nSPS) is 11.5. The Bertz CT molecular complexity index is 1280. The van der Waals surface area contributed by atoms with Crippen molar-refractivity contribution in [3.8, 4) is 33.2 Å². The Labute approximate surface area is 201 Å². The van der Waals surface area contributed by atoms with Gasteiger partial charge in [-0.3, -0.25) is 9.59 Å². The number of hydrogen-bond acceptors (Lipinski definition) is 7. The maximum Gasteiger partial charge on any atom is 0.311 e. The lowest BCUT2D eigenvalue weighted by Gasteiger charge is -2.14. The highest BCUT2D eigenvalue weighted by atomic mass is 32.1. The highest BCUT2D eigenvalue weighted by Crippen LogP contribution is 2.46. The highest BCUT2D eigenvalue weighted by molar-refractivity contribution is 7.13. The lowest BCUT2D eigenvalue weighted by molar-refractivity contribution is -0.142. The molecule has 1 aliphatic heterocycles. The molecule has 2 heterocycles. The molecule has 2 aliphatic rings. The fourth-order valence-electron chi connectivity index (χ4n) is 3.38. The smallest absolute Gasteiger partial charge is 0.311 e. The van der Waals surface area contributed by atoms with E-state index in [0.29, 0.717) is 17.1 Å². The quantitative estimate of drug-likeness (QED) is 0.239. The third-order valence-corrected chi connectivity index (χ3v) is 6.10. The number of hydrogen-bond donors (Lipinski definition) is 1. The minimum atomic E-state index is -1.05. The molecule has 0 unspecified atom stereocenters. The molecule has 1 N–H and O–H groups in total. The van der Waals surface area contributed by atoms with E-state index in [4.69, 9.17) is 24.0 Å². The van der Waals surface area contributed by atoms with E-state index in [2.05, 4.69) is 26.2 Å². The summed E-state index contributed by atoms with van der Waals surface area (Å²) in [6.07, 6.45) is 2.78. The van der Waals surface area contributed by atoms with Gasteiger partial charge in [-0.05, 0) is 18.2 Å². The molecule has 0 radical (unpaired) electrons. The highest BCUT2D eigenvalue weighted by Gasteiger charge is 2.24. The monoisotopic (exact) mass is 479 g/mol. The summed E-state index contributed by atoms with van der Waals surface area (Å²) in [4.78, 5) is 27.6. The first-order valence-electron chi connectivity index (χ1n) is 10.8. The zero-order valence-corrected chi connectivity index (χ0v) is 20.0. The molecule has 176 valence electrons. The summed E-state index contributed by atoms with van der Waals surface area (Å²) in [7, 11) is 0. The average molecular weight is 480 g/mol. The van der Waals surface area contributed by atoms with Crippen molar-refractivity contribution in [3.63, 3.8) is 0 Å². The minimum absolute atomic E-state index is 0.0689. The number of carbonyl (C=O) groups excluding carboxylic acids is 1. The van der Waals surface area contributed by atoms with Crippen molar-refractivity contribution in [2.75, 3.05) is 0 Å². The largest absolute Gasteiger partial charge is 0.487 e. The van der Waals surface area contributed by atoms with Gasteiger partial charge in [0, 0.05) is 27.5 Å². The lowest BCUT2D eigenvalue weighted by atomic mass is 9.93. The molecule has 0 saturated carbocycles. The van der Waals surface area contributed by atoms with E-state index in [-0.39, 0.29) is 24.9 Å². The van der Waals surface area contributed by atoms with Crippen LogP contribution in [0.3, 0.4) is 0 Å². The maximum atomic E-state index is 12.1. The number of benzene rings is 1. The number of nitrogens with zero attached hydrogens (tertiary/aromatic N) is 1. The molecule has 0 spiro atoms. The van der Waals surface area contributed by atoms with Crippen molar-refractivity contribution < 1.29 is 28.6 Å². The molecule has 8 heteroatoms. The van der Waals surface area contributed by atoms with Crippen LogP contribution in [-0.4, -0.2) is 22.0 Å². The van der Waals surface area contributed by atoms with Crippen molar-refractivity contribution >= 4 is 23.3 Å². The molecule has 2 aromatic rings. The molecule has 0 saturated heterocycles. The van der Waals surface area contributed by atoms with Gasteiger partial charge < -0.3 is 19.0 Å². The average Bonchev–Trinajstić information content (AvgIpc) is 3.42. The van der Waals surface area contributed by atoms with Crippen molar-refractivity contribution in [1.82, 2.24) is 4.98 Å². The number of ether oxygens (including phenoxy) is 2. The maximum absolute atomic E-state index is 12.1. The van der Waals surface area contributed by atoms with E-state index < -0.39 is 11.9 Å². The molecule has 1 aromatic heterocycles. The minimum Gasteiger partial charge on any atom is -0.487 e. The summed E-state index contributed by atoms with van der Waals surface area (Å²) < 4.78 is 17.0. The summed E-state index contributed by atoms with van der Waals surface area (Å²) in [6.45, 7) is 6.52. The fourth-order valence-corrected chi connectivity index (χ4v) is 4.43. The molecule has 34 heavy (non-hydrogen) atoms. The second kappa shape index (κ2) is 9.69. The van der Waals surface area contributed by atoms with Crippen molar-refractivity contribution in [2.24, 2.45) is 0 Å². The van der Waals surface area contributed by atoms with Gasteiger partial charge in [0.05, 0.1) is 36.6 Å². The van der Waals surface area contributed by atoms with Crippen molar-refractivity contribution in [1.29, 1.82) is 0 Å². The van der Waals surface area contributed by atoms with E-state index in [1.54, 1.807) is 42.1 Å². The Morgan fingerprint density at radius 3 is 2.65 bits per heavy atom. The molecule has 1 aromatic carbocycles. The number of carboxylic acids is 1. The number of esters is 1. The molecule has 7 nitrogen and oxygen atoms in total. The molecule has 4 rings (SSSR count). The van der Waals surface area contributed by atoms with Gasteiger partial charge in [0.1, 0.15) is 23.1 Å². The number of rotatable bonds is 8. The van der Waals surface area contributed by atoms with Gasteiger partial charge >= 0.3 is 11.9 Å². The molecular formula is C26H25NO6S. The second-order valence-corrected chi connectivity index (χ2v) is 9.72. The first-order valence-corrected chi connectivity index (χ1v) is 11.7. The van der Waals surface area contributed by atoms with Gasteiger partial charge in [-0.2, -0.15) is 0 Å². The number of aliphatic carboxylic acids is 1. The number of carbonyl (C=O) groups is 2. The third kappa shape index (κ3) is 5.28. The Morgan fingerprint density at radius 2 is 1.91 bits per heavy atom. The zero-order valence-electron chi connectivity index (χ0n) is 19.2. The Balaban J connectivity index is 1.60. The standard InChI is InChI=1S/C26H25NO6S/c1-26(2,3)21-15-34-25(27-21)19-12-17-13-31-11-10-18(17)24(19)32-14-16-6-4-5-7-20(16)33-23(30)9-8-22(28)29/h4-7,10-13,15H,8-9,14H2,1-3H3,(H,28,29). The summed E-state index contributed by atoms with van der Waals surface area (Å²) in [6, 6.07) is 10.9.